The van der Waals surface area contributed by atoms with Crippen molar-refractivity contribution < 1.29 is 23.1 Å². The Kier molecular flexibility index (Phi) is 4.41. The van der Waals surface area contributed by atoms with Crippen LogP contribution in [0.15, 0.2) is 0 Å². The molecule has 1 heterocycles. The highest BCUT2D eigenvalue weighted by Gasteiger charge is 2.50. The molecule has 2 aliphatic rings. The van der Waals surface area contributed by atoms with Gasteiger partial charge in [0.15, 0.2) is 0 Å². The van der Waals surface area contributed by atoms with Gasteiger partial charge in [0.2, 0.25) is 0 Å². The van der Waals surface area contributed by atoms with E-state index < -0.39 is 29.8 Å². The van der Waals surface area contributed by atoms with Gasteiger partial charge in [0.25, 0.3) is 0 Å². The Bertz CT molecular complexity index is 413. The molecule has 4 nitrogen and oxygen atoms in total. The monoisotopic (exact) mass is 322 g/mol. The Morgan fingerprint density at radius 3 is 2.32 bits per heavy atom. The lowest BCUT2D eigenvalue weighted by molar-refractivity contribution is -0.175. The predicted octanol–water partition coefficient (Wildman–Crippen LogP) is 2.91. The molecule has 2 unspecified atom stereocenters. The van der Waals surface area contributed by atoms with Crippen LogP contribution in [0, 0.1) is 10.8 Å². The number of halogens is 3. The van der Waals surface area contributed by atoms with Crippen molar-refractivity contribution in [3.05, 3.63) is 0 Å². The fourth-order valence-corrected chi connectivity index (χ4v) is 3.55. The van der Waals surface area contributed by atoms with Crippen LogP contribution in [0.1, 0.15) is 46.5 Å². The second kappa shape index (κ2) is 5.58. The highest BCUT2D eigenvalue weighted by Crippen LogP contribution is 2.47. The van der Waals surface area contributed by atoms with E-state index in [-0.39, 0.29) is 12.0 Å². The van der Waals surface area contributed by atoms with Crippen molar-refractivity contribution in [1.29, 1.82) is 0 Å². The zero-order valence-electron chi connectivity index (χ0n) is 13.3. The van der Waals surface area contributed by atoms with E-state index in [0.717, 1.165) is 19.3 Å². The van der Waals surface area contributed by atoms with Gasteiger partial charge in [-0.2, -0.15) is 13.2 Å². The molecule has 0 aromatic rings. The topological polar surface area (TPSA) is 52.6 Å². The minimum Gasteiger partial charge on any atom is -0.391 e. The van der Waals surface area contributed by atoms with E-state index in [9.17, 15) is 23.1 Å². The smallest absolute Gasteiger partial charge is 0.391 e. The molecule has 0 radical (unpaired) electrons. The number of rotatable bonds is 1. The lowest BCUT2D eigenvalue weighted by Crippen LogP contribution is -2.61. The number of aliphatic hydroxyl groups is 1. The third-order valence-electron chi connectivity index (χ3n) is 4.79. The van der Waals surface area contributed by atoms with Crippen LogP contribution in [0.25, 0.3) is 0 Å². The Morgan fingerprint density at radius 1 is 1.32 bits per heavy atom. The quantitative estimate of drug-likeness (QED) is 0.780. The lowest BCUT2D eigenvalue weighted by Gasteiger charge is -2.50. The fraction of sp³-hybridized carbons (Fsp3) is 0.933. The summed E-state index contributed by atoms with van der Waals surface area (Å²) in [5.41, 5.74) is -1.22. The number of urea groups is 1. The van der Waals surface area contributed by atoms with Crippen LogP contribution >= 0.6 is 0 Å². The fourth-order valence-electron chi connectivity index (χ4n) is 3.55. The molecule has 0 aromatic carbocycles. The molecule has 2 rings (SSSR count). The van der Waals surface area contributed by atoms with Gasteiger partial charge in [0, 0.05) is 13.1 Å². The van der Waals surface area contributed by atoms with Gasteiger partial charge in [-0.25, -0.2) is 4.79 Å². The molecule has 2 N–H and O–H groups in total. The molecule has 22 heavy (non-hydrogen) atoms. The van der Waals surface area contributed by atoms with Crippen LogP contribution < -0.4 is 5.32 Å². The summed E-state index contributed by atoms with van der Waals surface area (Å²) in [4.78, 5) is 13.6. The maximum atomic E-state index is 13.2. The third-order valence-corrected chi connectivity index (χ3v) is 4.79. The number of carbonyl (C=O) groups excluding carboxylic acids is 1. The van der Waals surface area contributed by atoms with Gasteiger partial charge < -0.3 is 15.3 Å². The first-order chi connectivity index (χ1) is 9.93. The highest BCUT2D eigenvalue weighted by molar-refractivity contribution is 5.75. The predicted molar refractivity (Wildman–Crippen MR) is 76.3 cm³/mol. The number of β-amino-alcohol motifs (C(OH)–C–C–N with tert-alkyl or cyclic N) is 1. The molecule has 1 saturated carbocycles. The van der Waals surface area contributed by atoms with E-state index in [0.29, 0.717) is 13.0 Å². The summed E-state index contributed by atoms with van der Waals surface area (Å²) in [6.45, 7) is 4.88. The summed E-state index contributed by atoms with van der Waals surface area (Å²) in [5, 5.41) is 12.1. The summed E-state index contributed by atoms with van der Waals surface area (Å²) in [6.07, 6.45) is -1.62. The molecule has 2 amide bonds. The molecule has 2 atom stereocenters. The van der Waals surface area contributed by atoms with Crippen molar-refractivity contribution in [2.24, 2.45) is 10.8 Å². The van der Waals surface area contributed by atoms with Gasteiger partial charge in [0.05, 0.1) is 6.10 Å². The van der Waals surface area contributed by atoms with Crippen LogP contribution in [-0.4, -0.2) is 47.4 Å². The summed E-state index contributed by atoms with van der Waals surface area (Å²) < 4.78 is 39.5. The average molecular weight is 322 g/mol. The SMILES string of the molecule is CC(C)(C)C(NC(=O)N1CC(O)CC2(CCC2)C1)C(F)(F)F. The molecule has 1 spiro atoms. The van der Waals surface area contributed by atoms with E-state index in [1.165, 1.54) is 25.7 Å². The van der Waals surface area contributed by atoms with Crippen molar-refractivity contribution in [1.82, 2.24) is 10.2 Å². The van der Waals surface area contributed by atoms with E-state index in [2.05, 4.69) is 5.32 Å². The number of nitrogens with zero attached hydrogens (tertiary/aromatic N) is 1. The second-order valence-electron chi connectivity index (χ2n) is 7.88. The second-order valence-corrected chi connectivity index (χ2v) is 7.88. The Morgan fingerprint density at radius 2 is 1.91 bits per heavy atom. The molecule has 2 fully saturated rings. The largest absolute Gasteiger partial charge is 0.409 e. The summed E-state index contributed by atoms with van der Waals surface area (Å²) in [7, 11) is 0. The number of likely N-dealkylation sites (tertiary alicyclic amines) is 1. The number of hydrogen-bond donors (Lipinski definition) is 2. The maximum Gasteiger partial charge on any atom is 0.409 e. The molecule has 7 heteroatoms. The van der Waals surface area contributed by atoms with Crippen LogP contribution in [0.5, 0.6) is 0 Å². The van der Waals surface area contributed by atoms with Crippen LogP contribution in [0.4, 0.5) is 18.0 Å². The summed E-state index contributed by atoms with van der Waals surface area (Å²) in [6, 6.07) is -2.65. The first-order valence-corrected chi connectivity index (χ1v) is 7.73. The van der Waals surface area contributed by atoms with Crippen LogP contribution in [-0.2, 0) is 0 Å². The van der Waals surface area contributed by atoms with E-state index in [1.54, 1.807) is 0 Å². The molecular formula is C15H25F3N2O2. The first kappa shape index (κ1) is 17.4. The van der Waals surface area contributed by atoms with E-state index in [4.69, 9.17) is 0 Å². The normalized spacial score (nSPS) is 26.5. The molecule has 1 saturated heterocycles. The number of piperidine rings is 1. The lowest BCUT2D eigenvalue weighted by atomic mass is 9.64. The van der Waals surface area contributed by atoms with Gasteiger partial charge in [0.1, 0.15) is 6.04 Å². The number of amides is 2. The third kappa shape index (κ3) is 3.67. The Hall–Kier alpha value is -0.980. The Labute approximate surface area is 129 Å². The number of hydrogen-bond acceptors (Lipinski definition) is 2. The number of nitrogens with one attached hydrogen (secondary N) is 1. The van der Waals surface area contributed by atoms with Gasteiger partial charge in [-0.1, -0.05) is 27.2 Å². The molecule has 1 aliphatic heterocycles. The van der Waals surface area contributed by atoms with Crippen molar-refractivity contribution in [3.8, 4) is 0 Å². The molecular weight excluding hydrogens is 297 g/mol. The molecule has 0 bridgehead atoms. The van der Waals surface area contributed by atoms with Crippen molar-refractivity contribution >= 4 is 6.03 Å². The number of carbonyl (C=O) groups is 1. The van der Waals surface area contributed by atoms with Crippen molar-refractivity contribution in [3.63, 3.8) is 0 Å². The van der Waals surface area contributed by atoms with E-state index >= 15 is 0 Å². The Balaban J connectivity index is 2.07. The minimum absolute atomic E-state index is 0.0928. The summed E-state index contributed by atoms with van der Waals surface area (Å²) in [5.74, 6) is 0. The van der Waals surface area contributed by atoms with Gasteiger partial charge in [-0.3, -0.25) is 0 Å². The standard InChI is InChI=1S/C15H25F3N2O2/c1-13(2,3)11(15(16,17)18)19-12(22)20-8-10(21)7-14(9-20)5-4-6-14/h10-11,21H,4-9H2,1-3H3,(H,19,22). The number of alkyl halides is 3. The van der Waals surface area contributed by atoms with Gasteiger partial charge in [-0.05, 0) is 30.1 Å². The van der Waals surface area contributed by atoms with Crippen LogP contribution in [0.3, 0.4) is 0 Å². The maximum absolute atomic E-state index is 13.2. The molecule has 0 aromatic heterocycles. The minimum atomic E-state index is -4.50. The highest BCUT2D eigenvalue weighted by atomic mass is 19.4. The zero-order valence-corrected chi connectivity index (χ0v) is 13.3. The van der Waals surface area contributed by atoms with Gasteiger partial charge >= 0.3 is 12.2 Å². The van der Waals surface area contributed by atoms with Crippen molar-refractivity contribution in [2.45, 2.75) is 64.8 Å². The average Bonchev–Trinajstić information content (AvgIpc) is 2.30. The zero-order chi connectivity index (χ0) is 16.8. The van der Waals surface area contributed by atoms with Crippen molar-refractivity contribution in [2.75, 3.05) is 13.1 Å². The first-order valence-electron chi connectivity index (χ1n) is 7.73. The van der Waals surface area contributed by atoms with Crippen LogP contribution in [0.2, 0.25) is 0 Å². The van der Waals surface area contributed by atoms with E-state index in [1.807, 2.05) is 0 Å². The van der Waals surface area contributed by atoms with Gasteiger partial charge in [-0.15, -0.1) is 0 Å². The molecule has 128 valence electrons. The number of aliphatic hydroxyl groups excluding tert-OH is 1. The summed E-state index contributed by atoms with van der Waals surface area (Å²) >= 11 is 0. The molecule has 1 aliphatic carbocycles.